The van der Waals surface area contributed by atoms with Crippen molar-refractivity contribution in [1.29, 1.82) is 0 Å². The molecule has 0 fully saturated rings. The zero-order valence-corrected chi connectivity index (χ0v) is 26.7. The Morgan fingerprint density at radius 1 is 0.921 bits per heavy atom. The normalized spacial score (nSPS) is 13.6. The zero-order chi connectivity index (χ0) is 28.3. The van der Waals surface area contributed by atoms with Crippen LogP contribution in [-0.4, -0.2) is 41.7 Å². The lowest BCUT2D eigenvalue weighted by Gasteiger charge is -2.38. The molecule has 38 heavy (non-hydrogen) atoms. The van der Waals surface area contributed by atoms with E-state index in [0.29, 0.717) is 23.2 Å². The molecule has 1 unspecified atom stereocenters. The highest BCUT2D eigenvalue weighted by atomic mass is 32.2. The van der Waals surface area contributed by atoms with Crippen molar-refractivity contribution in [2.24, 2.45) is 0 Å². The van der Waals surface area contributed by atoms with Crippen molar-refractivity contribution in [3.05, 3.63) is 53.6 Å². The fraction of sp³-hybridized carbons (Fsp3) is 0.581. The third kappa shape index (κ3) is 9.35. The summed E-state index contributed by atoms with van der Waals surface area (Å²) >= 11 is 1.77. The van der Waals surface area contributed by atoms with Crippen LogP contribution < -0.4 is 9.47 Å². The summed E-state index contributed by atoms with van der Waals surface area (Å²) in [7, 11) is 2.88. The molecule has 0 saturated carbocycles. The van der Waals surface area contributed by atoms with E-state index in [1.54, 1.807) is 32.0 Å². The van der Waals surface area contributed by atoms with Gasteiger partial charge in [0, 0.05) is 22.3 Å². The summed E-state index contributed by atoms with van der Waals surface area (Å²) in [4.78, 5) is 14.0. The maximum absolute atomic E-state index is 12.8. The SMILES string of the molecule is COC(=O)c1c(OC)cc(OC)cc1C(CCCCCC[C@@H](C)O[Si](C)(C)C(C)(C)C)Sc1ccccc1. The van der Waals surface area contributed by atoms with Gasteiger partial charge in [-0.05, 0) is 61.7 Å². The van der Waals surface area contributed by atoms with E-state index in [2.05, 4.69) is 52.9 Å². The van der Waals surface area contributed by atoms with Gasteiger partial charge in [-0.1, -0.05) is 64.7 Å². The molecule has 0 aromatic heterocycles. The van der Waals surface area contributed by atoms with Gasteiger partial charge >= 0.3 is 5.97 Å². The average molecular weight is 561 g/mol. The van der Waals surface area contributed by atoms with Crippen molar-refractivity contribution < 1.29 is 23.4 Å². The van der Waals surface area contributed by atoms with Crippen LogP contribution in [0.2, 0.25) is 18.1 Å². The maximum Gasteiger partial charge on any atom is 0.341 e. The Morgan fingerprint density at radius 2 is 1.55 bits per heavy atom. The van der Waals surface area contributed by atoms with Gasteiger partial charge in [0.15, 0.2) is 8.32 Å². The molecule has 0 saturated heterocycles. The zero-order valence-electron chi connectivity index (χ0n) is 24.9. The fourth-order valence-electron chi connectivity index (χ4n) is 4.26. The Labute approximate surface area is 236 Å². The first-order valence-electron chi connectivity index (χ1n) is 13.7. The summed E-state index contributed by atoms with van der Waals surface area (Å²) in [5.74, 6) is 0.744. The van der Waals surface area contributed by atoms with Crippen LogP contribution in [0.25, 0.3) is 0 Å². The van der Waals surface area contributed by atoms with Gasteiger partial charge in [-0.15, -0.1) is 11.8 Å². The van der Waals surface area contributed by atoms with Crippen molar-refractivity contribution in [2.45, 2.75) is 101 Å². The second-order valence-electron chi connectivity index (χ2n) is 11.4. The van der Waals surface area contributed by atoms with Crippen LogP contribution >= 0.6 is 11.8 Å². The molecule has 5 nitrogen and oxygen atoms in total. The first-order chi connectivity index (χ1) is 17.9. The van der Waals surface area contributed by atoms with E-state index in [-0.39, 0.29) is 10.3 Å². The lowest BCUT2D eigenvalue weighted by atomic mass is 9.98. The van der Waals surface area contributed by atoms with Crippen LogP contribution in [0, 0.1) is 0 Å². The second kappa shape index (κ2) is 15.0. The first-order valence-corrected chi connectivity index (χ1v) is 17.5. The molecule has 0 spiro atoms. The number of esters is 1. The standard InChI is InChI=1S/C31H48O5SSi/c1-23(36-38(8,9)31(2,3)4)17-13-10-11-16-20-28(37-25-18-14-12-15-19-25)26-21-24(33-5)22-27(34-6)29(26)30(32)35-7/h12,14-15,18-19,21-23,28H,10-11,13,16-17,20H2,1-9H3/t23-,28?/m1/s1. The van der Waals surface area contributed by atoms with Crippen molar-refractivity contribution in [3.8, 4) is 11.5 Å². The van der Waals surface area contributed by atoms with E-state index >= 15 is 0 Å². The smallest absolute Gasteiger partial charge is 0.341 e. The van der Waals surface area contributed by atoms with E-state index in [1.165, 1.54) is 13.5 Å². The molecule has 0 aliphatic carbocycles. The maximum atomic E-state index is 12.8. The second-order valence-corrected chi connectivity index (χ2v) is 17.4. The summed E-state index contributed by atoms with van der Waals surface area (Å²) < 4.78 is 22.8. The monoisotopic (exact) mass is 560 g/mol. The fourth-order valence-corrected chi connectivity index (χ4v) is 6.98. The molecule has 2 atom stereocenters. The predicted octanol–water partition coefficient (Wildman–Crippen LogP) is 9.07. The first kappa shape index (κ1) is 32.2. The Hall–Kier alpha value is -1.96. The summed E-state index contributed by atoms with van der Waals surface area (Å²) in [6.07, 6.45) is 6.83. The van der Waals surface area contributed by atoms with E-state index in [0.717, 1.165) is 42.6 Å². The minimum absolute atomic E-state index is 0.0522. The molecular weight excluding hydrogens is 512 g/mol. The number of unbranched alkanes of at least 4 members (excludes halogenated alkanes) is 3. The highest BCUT2D eigenvalue weighted by Gasteiger charge is 2.38. The van der Waals surface area contributed by atoms with E-state index in [9.17, 15) is 4.79 Å². The van der Waals surface area contributed by atoms with Crippen molar-refractivity contribution in [2.75, 3.05) is 21.3 Å². The van der Waals surface area contributed by atoms with Gasteiger partial charge in [0.2, 0.25) is 0 Å². The minimum Gasteiger partial charge on any atom is -0.497 e. The number of rotatable bonds is 15. The van der Waals surface area contributed by atoms with E-state index in [4.69, 9.17) is 18.6 Å². The Kier molecular flexibility index (Phi) is 12.7. The van der Waals surface area contributed by atoms with Gasteiger partial charge in [-0.25, -0.2) is 4.79 Å². The topological polar surface area (TPSA) is 54.0 Å². The van der Waals surface area contributed by atoms with Crippen LogP contribution in [0.4, 0.5) is 0 Å². The molecule has 7 heteroatoms. The van der Waals surface area contributed by atoms with Crippen LogP contribution in [0.15, 0.2) is 47.4 Å². The number of methoxy groups -OCH3 is 3. The number of benzene rings is 2. The summed E-state index contributed by atoms with van der Waals surface area (Å²) in [6.45, 7) is 13.7. The lowest BCUT2D eigenvalue weighted by molar-refractivity contribution is 0.0595. The molecule has 0 radical (unpaired) electrons. The third-order valence-electron chi connectivity index (χ3n) is 7.45. The third-order valence-corrected chi connectivity index (χ3v) is 13.4. The highest BCUT2D eigenvalue weighted by Crippen LogP contribution is 2.44. The van der Waals surface area contributed by atoms with Crippen molar-refractivity contribution >= 4 is 26.0 Å². The number of ether oxygens (including phenoxy) is 3. The molecule has 0 heterocycles. The number of hydrogen-bond donors (Lipinski definition) is 0. The Morgan fingerprint density at radius 3 is 2.11 bits per heavy atom. The molecule has 0 aliphatic heterocycles. The van der Waals surface area contributed by atoms with Crippen LogP contribution in [0.5, 0.6) is 11.5 Å². The van der Waals surface area contributed by atoms with Gasteiger partial charge in [0.1, 0.15) is 17.1 Å². The van der Waals surface area contributed by atoms with Gasteiger partial charge in [0.25, 0.3) is 0 Å². The highest BCUT2D eigenvalue weighted by molar-refractivity contribution is 7.99. The number of hydrogen-bond acceptors (Lipinski definition) is 6. The Balaban J connectivity index is 2.11. The molecular formula is C31H48O5SSi. The van der Waals surface area contributed by atoms with Crippen LogP contribution in [-0.2, 0) is 9.16 Å². The Bertz CT molecular complexity index is 1000. The van der Waals surface area contributed by atoms with Crippen LogP contribution in [0.1, 0.15) is 87.4 Å². The van der Waals surface area contributed by atoms with E-state index in [1.807, 2.05) is 24.3 Å². The minimum atomic E-state index is -1.73. The molecule has 0 N–H and O–H groups in total. The van der Waals surface area contributed by atoms with Gasteiger partial charge in [-0.3, -0.25) is 0 Å². The number of carbonyl (C=O) groups is 1. The molecule has 0 amide bonds. The largest absolute Gasteiger partial charge is 0.497 e. The molecule has 2 rings (SSSR count). The molecule has 212 valence electrons. The van der Waals surface area contributed by atoms with Gasteiger partial charge in [0.05, 0.1) is 21.3 Å². The quantitative estimate of drug-likeness (QED) is 0.0937. The average Bonchev–Trinajstić information content (AvgIpc) is 2.88. The lowest BCUT2D eigenvalue weighted by Crippen LogP contribution is -2.43. The molecule has 0 aliphatic rings. The van der Waals surface area contributed by atoms with E-state index < -0.39 is 14.3 Å². The molecule has 2 aromatic rings. The summed E-state index contributed by atoms with van der Waals surface area (Å²) in [5.41, 5.74) is 1.36. The van der Waals surface area contributed by atoms with Gasteiger partial charge < -0.3 is 18.6 Å². The summed E-state index contributed by atoms with van der Waals surface area (Å²) in [5, 5.41) is 0.287. The van der Waals surface area contributed by atoms with Crippen molar-refractivity contribution in [3.63, 3.8) is 0 Å². The summed E-state index contributed by atoms with van der Waals surface area (Å²) in [6, 6.07) is 14.0. The number of thioether (sulfide) groups is 1. The van der Waals surface area contributed by atoms with Crippen LogP contribution in [0.3, 0.4) is 0 Å². The molecule has 2 aromatic carbocycles. The molecule has 0 bridgehead atoms. The van der Waals surface area contributed by atoms with Crippen molar-refractivity contribution in [1.82, 2.24) is 0 Å². The number of carbonyl (C=O) groups excluding carboxylic acids is 1. The predicted molar refractivity (Wildman–Crippen MR) is 161 cm³/mol. The van der Waals surface area contributed by atoms with Gasteiger partial charge in [-0.2, -0.15) is 0 Å².